The number of pyridine rings is 1. The molecule has 0 radical (unpaired) electrons. The molecule has 1 saturated heterocycles. The maximum Gasteiger partial charge on any atom is 0.262 e. The normalized spacial score (nSPS) is 14.8. The number of anilines is 2. The Hall–Kier alpha value is -2.79. The molecule has 0 bridgehead atoms. The number of fused-ring (bicyclic) bond motifs is 1. The van der Waals surface area contributed by atoms with E-state index in [1.807, 2.05) is 18.2 Å². The number of aromatic nitrogens is 1. The van der Waals surface area contributed by atoms with E-state index in [1.54, 1.807) is 24.3 Å². The number of ether oxygens (including phenoxy) is 1. The van der Waals surface area contributed by atoms with Gasteiger partial charge in [0.25, 0.3) is 5.91 Å². The number of carbonyl (C=O) groups excluding carboxylic acids is 1. The first-order valence-corrected chi connectivity index (χ1v) is 10.3. The number of benzene rings is 2. The highest BCUT2D eigenvalue weighted by Crippen LogP contribution is 2.28. The molecule has 0 atom stereocenters. The Morgan fingerprint density at radius 1 is 1.17 bits per heavy atom. The number of rotatable bonds is 5. The van der Waals surface area contributed by atoms with Crippen molar-refractivity contribution in [2.75, 3.05) is 29.9 Å². The third kappa shape index (κ3) is 4.80. The summed E-state index contributed by atoms with van der Waals surface area (Å²) < 4.78 is 5.82. The average molecular weight is 410 g/mol. The summed E-state index contributed by atoms with van der Waals surface area (Å²) in [6.45, 7) is 4.24. The van der Waals surface area contributed by atoms with Gasteiger partial charge in [-0.15, -0.1) is 0 Å². The van der Waals surface area contributed by atoms with Crippen LogP contribution >= 0.6 is 11.6 Å². The van der Waals surface area contributed by atoms with Gasteiger partial charge in [-0.05, 0) is 55.2 Å². The Morgan fingerprint density at radius 3 is 2.76 bits per heavy atom. The Bertz CT molecular complexity index is 1020. The maximum atomic E-state index is 12.3. The highest BCUT2D eigenvalue weighted by atomic mass is 35.5. The second-order valence-corrected chi connectivity index (χ2v) is 7.95. The molecule has 0 spiro atoms. The summed E-state index contributed by atoms with van der Waals surface area (Å²) in [5.74, 6) is 2.09. The van der Waals surface area contributed by atoms with Crippen LogP contribution in [-0.4, -0.2) is 30.6 Å². The molecule has 5 nitrogen and oxygen atoms in total. The van der Waals surface area contributed by atoms with Gasteiger partial charge in [0.1, 0.15) is 17.1 Å². The minimum Gasteiger partial charge on any atom is -0.481 e. The Morgan fingerprint density at radius 2 is 1.97 bits per heavy atom. The lowest BCUT2D eigenvalue weighted by Crippen LogP contribution is -2.33. The Labute approximate surface area is 175 Å². The molecule has 0 aliphatic carbocycles. The van der Waals surface area contributed by atoms with Crippen LogP contribution in [0.3, 0.4) is 0 Å². The van der Waals surface area contributed by atoms with E-state index >= 15 is 0 Å². The van der Waals surface area contributed by atoms with E-state index in [0.29, 0.717) is 16.5 Å². The summed E-state index contributed by atoms with van der Waals surface area (Å²) >= 11 is 5.96. The molecule has 1 aromatic heterocycles. The molecule has 1 aliphatic rings. The predicted octanol–water partition coefficient (Wildman–Crippen LogP) is 5.14. The van der Waals surface area contributed by atoms with E-state index in [1.165, 1.54) is 12.8 Å². The molecular weight excluding hydrogens is 386 g/mol. The van der Waals surface area contributed by atoms with Crippen LogP contribution in [0.4, 0.5) is 11.5 Å². The van der Waals surface area contributed by atoms with Gasteiger partial charge in [-0.2, -0.15) is 0 Å². The molecule has 2 heterocycles. The monoisotopic (exact) mass is 409 g/mol. The zero-order valence-electron chi connectivity index (χ0n) is 16.4. The van der Waals surface area contributed by atoms with Crippen LogP contribution in [0.5, 0.6) is 5.75 Å². The van der Waals surface area contributed by atoms with E-state index in [0.717, 1.165) is 35.7 Å². The molecule has 3 aromatic rings. The van der Waals surface area contributed by atoms with Gasteiger partial charge in [0.15, 0.2) is 6.61 Å². The largest absolute Gasteiger partial charge is 0.481 e. The molecule has 29 heavy (non-hydrogen) atoms. The van der Waals surface area contributed by atoms with Crippen LogP contribution in [-0.2, 0) is 4.79 Å². The standard InChI is InChI=1S/C23H24ClN3O2/c1-16-10-12-27(13-11-16)21-9-8-17-4-2-7-20(23(17)26-21)29-15-22(28)25-19-6-3-5-18(24)14-19/h2-9,14,16H,10-13,15H2,1H3,(H,25,28). The second kappa shape index (κ2) is 8.70. The molecular formula is C23H24ClN3O2. The molecule has 0 unspecified atom stereocenters. The predicted molar refractivity (Wildman–Crippen MR) is 118 cm³/mol. The number of carbonyl (C=O) groups is 1. The van der Waals surface area contributed by atoms with Gasteiger partial charge in [-0.1, -0.05) is 36.7 Å². The summed E-state index contributed by atoms with van der Waals surface area (Å²) in [7, 11) is 0. The highest BCUT2D eigenvalue weighted by Gasteiger charge is 2.18. The highest BCUT2D eigenvalue weighted by molar-refractivity contribution is 6.30. The fourth-order valence-electron chi connectivity index (χ4n) is 3.55. The second-order valence-electron chi connectivity index (χ2n) is 7.51. The van der Waals surface area contributed by atoms with Gasteiger partial charge in [0, 0.05) is 29.2 Å². The summed E-state index contributed by atoms with van der Waals surface area (Å²) in [6.07, 6.45) is 2.36. The van der Waals surface area contributed by atoms with Crippen molar-refractivity contribution in [3.8, 4) is 5.75 Å². The van der Waals surface area contributed by atoms with Crippen molar-refractivity contribution in [2.24, 2.45) is 5.92 Å². The van der Waals surface area contributed by atoms with Crippen LogP contribution in [0.15, 0.2) is 54.6 Å². The third-order valence-corrected chi connectivity index (χ3v) is 5.48. The molecule has 150 valence electrons. The van der Waals surface area contributed by atoms with E-state index in [-0.39, 0.29) is 12.5 Å². The van der Waals surface area contributed by atoms with Crippen molar-refractivity contribution < 1.29 is 9.53 Å². The summed E-state index contributed by atoms with van der Waals surface area (Å²) in [5, 5.41) is 4.35. The van der Waals surface area contributed by atoms with Crippen LogP contribution in [0.2, 0.25) is 5.02 Å². The molecule has 1 N–H and O–H groups in total. The first kappa shape index (κ1) is 19.5. The number of hydrogen-bond acceptors (Lipinski definition) is 4. The molecule has 1 fully saturated rings. The molecule has 1 aliphatic heterocycles. The summed E-state index contributed by atoms with van der Waals surface area (Å²) in [4.78, 5) is 19.4. The van der Waals surface area contributed by atoms with Gasteiger partial charge in [0.05, 0.1) is 0 Å². The minimum atomic E-state index is -0.245. The molecule has 0 saturated carbocycles. The average Bonchev–Trinajstić information content (AvgIpc) is 2.72. The molecule has 4 rings (SSSR count). The number of nitrogens with zero attached hydrogens (tertiary/aromatic N) is 2. The van der Waals surface area contributed by atoms with Crippen molar-refractivity contribution in [1.29, 1.82) is 0 Å². The lowest BCUT2D eigenvalue weighted by Gasteiger charge is -2.31. The van der Waals surface area contributed by atoms with Crippen LogP contribution < -0.4 is 15.0 Å². The molecule has 1 amide bonds. The SMILES string of the molecule is CC1CCN(c2ccc3cccc(OCC(=O)Nc4cccc(Cl)c4)c3n2)CC1. The van der Waals surface area contributed by atoms with E-state index in [2.05, 4.69) is 29.3 Å². The fraction of sp³-hybridized carbons (Fsp3) is 0.304. The number of amides is 1. The first-order valence-electron chi connectivity index (χ1n) is 9.91. The molecule has 2 aromatic carbocycles. The van der Waals surface area contributed by atoms with E-state index in [4.69, 9.17) is 21.3 Å². The van der Waals surface area contributed by atoms with Gasteiger partial charge in [-0.25, -0.2) is 4.98 Å². The minimum absolute atomic E-state index is 0.0984. The van der Waals surface area contributed by atoms with Crippen molar-refractivity contribution in [3.63, 3.8) is 0 Å². The zero-order valence-corrected chi connectivity index (χ0v) is 17.2. The molecule has 6 heteroatoms. The van der Waals surface area contributed by atoms with Gasteiger partial charge >= 0.3 is 0 Å². The lowest BCUT2D eigenvalue weighted by molar-refractivity contribution is -0.118. The van der Waals surface area contributed by atoms with Crippen molar-refractivity contribution in [2.45, 2.75) is 19.8 Å². The van der Waals surface area contributed by atoms with Crippen LogP contribution in [0.25, 0.3) is 10.9 Å². The van der Waals surface area contributed by atoms with Crippen LogP contribution in [0, 0.1) is 5.92 Å². The quantitative estimate of drug-likeness (QED) is 0.633. The van der Waals surface area contributed by atoms with Gasteiger partial charge < -0.3 is 15.0 Å². The number of nitrogens with one attached hydrogen (secondary N) is 1. The number of hydrogen-bond donors (Lipinski definition) is 1. The Kier molecular flexibility index (Phi) is 5.86. The van der Waals surface area contributed by atoms with Crippen molar-refractivity contribution in [3.05, 3.63) is 59.6 Å². The number of para-hydroxylation sites is 1. The fourth-order valence-corrected chi connectivity index (χ4v) is 3.74. The number of piperidine rings is 1. The first-order chi connectivity index (χ1) is 14.1. The van der Waals surface area contributed by atoms with Crippen molar-refractivity contribution in [1.82, 2.24) is 4.98 Å². The number of halogens is 1. The van der Waals surface area contributed by atoms with Gasteiger partial charge in [0.2, 0.25) is 0 Å². The zero-order chi connectivity index (χ0) is 20.2. The van der Waals surface area contributed by atoms with Gasteiger partial charge in [-0.3, -0.25) is 4.79 Å². The third-order valence-electron chi connectivity index (χ3n) is 5.24. The summed E-state index contributed by atoms with van der Waals surface area (Å²) in [6, 6.07) is 16.9. The van der Waals surface area contributed by atoms with E-state index < -0.39 is 0 Å². The summed E-state index contributed by atoms with van der Waals surface area (Å²) in [5.41, 5.74) is 1.42. The van der Waals surface area contributed by atoms with Crippen LogP contribution in [0.1, 0.15) is 19.8 Å². The smallest absolute Gasteiger partial charge is 0.262 e. The van der Waals surface area contributed by atoms with E-state index in [9.17, 15) is 4.79 Å². The lowest BCUT2D eigenvalue weighted by atomic mass is 9.99. The maximum absolute atomic E-state index is 12.3. The van der Waals surface area contributed by atoms with Crippen molar-refractivity contribution >= 4 is 39.9 Å². The Balaban J connectivity index is 1.48. The topological polar surface area (TPSA) is 54.5 Å².